The van der Waals surface area contributed by atoms with E-state index in [-0.39, 0.29) is 5.75 Å². The largest absolute Gasteiger partial charge is 0.508 e. The molecule has 3 N–H and O–H groups in total. The minimum absolute atomic E-state index is 0.222. The van der Waals surface area contributed by atoms with E-state index in [2.05, 4.69) is 20.9 Å². The van der Waals surface area contributed by atoms with E-state index in [1.54, 1.807) is 24.3 Å². The van der Waals surface area contributed by atoms with Crippen molar-refractivity contribution in [3.63, 3.8) is 0 Å². The predicted molar refractivity (Wildman–Crippen MR) is 55.5 cm³/mol. The molecule has 0 bridgehead atoms. The molecule has 0 fully saturated rings. The van der Waals surface area contributed by atoms with Gasteiger partial charge in [-0.05, 0) is 39.5 Å². The van der Waals surface area contributed by atoms with E-state index in [0.717, 1.165) is 10.8 Å². The lowest BCUT2D eigenvalue weighted by atomic mass is 10.2. The number of phenolic OH excluding ortho intramolecular Hbond substituents is 1. The smallest absolute Gasteiger partial charge is 0.125 e. The standard InChI is InChI=1S/C9H7BrN2O/c10-9-7-4-6(13)2-1-5(7)3-8(11)12-9/h1-4,13H,(H2,11,12). The van der Waals surface area contributed by atoms with Crippen LogP contribution in [0.15, 0.2) is 28.9 Å². The number of benzene rings is 1. The van der Waals surface area contributed by atoms with E-state index < -0.39 is 0 Å². The molecule has 0 radical (unpaired) electrons. The second-order valence-corrected chi connectivity index (χ2v) is 3.49. The van der Waals surface area contributed by atoms with Gasteiger partial charge >= 0.3 is 0 Å². The Balaban J connectivity index is 2.87. The Morgan fingerprint density at radius 3 is 2.85 bits per heavy atom. The molecule has 0 atom stereocenters. The first-order valence-corrected chi connectivity index (χ1v) is 4.51. The van der Waals surface area contributed by atoms with Gasteiger partial charge in [-0.2, -0.15) is 0 Å². The monoisotopic (exact) mass is 238 g/mol. The third-order valence-electron chi connectivity index (χ3n) is 1.79. The summed E-state index contributed by atoms with van der Waals surface area (Å²) in [5.41, 5.74) is 5.56. The molecule has 66 valence electrons. The molecule has 4 heteroatoms. The third kappa shape index (κ3) is 1.45. The number of phenols is 1. The number of nitrogens with zero attached hydrogens (tertiary/aromatic N) is 1. The van der Waals surface area contributed by atoms with Crippen molar-refractivity contribution in [3.05, 3.63) is 28.9 Å². The van der Waals surface area contributed by atoms with Gasteiger partial charge in [0.1, 0.15) is 16.2 Å². The lowest BCUT2D eigenvalue weighted by molar-refractivity contribution is 0.476. The molecule has 1 heterocycles. The summed E-state index contributed by atoms with van der Waals surface area (Å²) in [4.78, 5) is 4.03. The normalized spacial score (nSPS) is 10.5. The molecule has 2 aromatic rings. The van der Waals surface area contributed by atoms with Crippen LogP contribution in [0.5, 0.6) is 5.75 Å². The number of fused-ring (bicyclic) bond motifs is 1. The molecule has 2 rings (SSSR count). The second-order valence-electron chi connectivity index (χ2n) is 2.74. The Morgan fingerprint density at radius 1 is 1.31 bits per heavy atom. The molecule has 0 saturated heterocycles. The Morgan fingerprint density at radius 2 is 2.08 bits per heavy atom. The molecule has 1 aromatic carbocycles. The van der Waals surface area contributed by atoms with Gasteiger partial charge in [-0.15, -0.1) is 0 Å². The Kier molecular flexibility index (Phi) is 1.84. The van der Waals surface area contributed by atoms with Crippen molar-refractivity contribution < 1.29 is 5.11 Å². The van der Waals surface area contributed by atoms with Crippen molar-refractivity contribution >= 4 is 32.5 Å². The van der Waals surface area contributed by atoms with Crippen LogP contribution in [0, 0.1) is 0 Å². The summed E-state index contributed by atoms with van der Waals surface area (Å²) < 4.78 is 0.651. The van der Waals surface area contributed by atoms with Crippen molar-refractivity contribution in [1.29, 1.82) is 0 Å². The second kappa shape index (κ2) is 2.88. The molecule has 13 heavy (non-hydrogen) atoms. The first kappa shape index (κ1) is 8.31. The van der Waals surface area contributed by atoms with Crippen LogP contribution < -0.4 is 5.73 Å². The maximum Gasteiger partial charge on any atom is 0.125 e. The number of nitrogen functional groups attached to an aromatic ring is 1. The van der Waals surface area contributed by atoms with Crippen LogP contribution in [0.25, 0.3) is 10.8 Å². The van der Waals surface area contributed by atoms with Crippen molar-refractivity contribution in [2.75, 3.05) is 5.73 Å². The lowest BCUT2D eigenvalue weighted by Gasteiger charge is -2.02. The van der Waals surface area contributed by atoms with Crippen molar-refractivity contribution in [1.82, 2.24) is 4.98 Å². The minimum atomic E-state index is 0.222. The highest BCUT2D eigenvalue weighted by atomic mass is 79.9. The molecule has 0 amide bonds. The number of rotatable bonds is 0. The van der Waals surface area contributed by atoms with Crippen LogP contribution in [-0.2, 0) is 0 Å². The van der Waals surface area contributed by atoms with Crippen LogP contribution in [0.1, 0.15) is 0 Å². The van der Waals surface area contributed by atoms with Gasteiger partial charge in [-0.1, -0.05) is 6.07 Å². The zero-order valence-electron chi connectivity index (χ0n) is 6.66. The van der Waals surface area contributed by atoms with E-state index in [0.29, 0.717) is 10.4 Å². The first-order valence-electron chi connectivity index (χ1n) is 3.71. The fourth-order valence-electron chi connectivity index (χ4n) is 1.21. The summed E-state index contributed by atoms with van der Waals surface area (Å²) in [6, 6.07) is 6.83. The molecule has 3 nitrogen and oxygen atoms in total. The van der Waals surface area contributed by atoms with Crippen molar-refractivity contribution in [3.8, 4) is 5.75 Å². The molecule has 0 aliphatic carbocycles. The highest BCUT2D eigenvalue weighted by molar-refractivity contribution is 9.10. The predicted octanol–water partition coefficient (Wildman–Crippen LogP) is 2.29. The Labute approximate surface area is 83.3 Å². The molecular formula is C9H7BrN2O. The quantitative estimate of drug-likeness (QED) is 0.693. The Hall–Kier alpha value is -1.29. The van der Waals surface area contributed by atoms with E-state index in [4.69, 9.17) is 5.73 Å². The number of aromatic nitrogens is 1. The number of halogens is 1. The summed E-state index contributed by atoms with van der Waals surface area (Å²) in [5.74, 6) is 0.685. The number of hydrogen-bond donors (Lipinski definition) is 2. The number of aromatic hydroxyl groups is 1. The zero-order chi connectivity index (χ0) is 9.42. The number of hydrogen-bond acceptors (Lipinski definition) is 3. The highest BCUT2D eigenvalue weighted by Gasteiger charge is 2.02. The van der Waals surface area contributed by atoms with E-state index in [1.165, 1.54) is 0 Å². The van der Waals surface area contributed by atoms with Crippen molar-refractivity contribution in [2.45, 2.75) is 0 Å². The van der Waals surface area contributed by atoms with Gasteiger partial charge in [0.2, 0.25) is 0 Å². The molecule has 0 aliphatic heterocycles. The van der Waals surface area contributed by atoms with Gasteiger partial charge in [-0.25, -0.2) is 4.98 Å². The zero-order valence-corrected chi connectivity index (χ0v) is 8.25. The van der Waals surface area contributed by atoms with Crippen LogP contribution in [-0.4, -0.2) is 10.1 Å². The molecular weight excluding hydrogens is 232 g/mol. The van der Waals surface area contributed by atoms with Gasteiger partial charge in [0, 0.05) is 5.39 Å². The third-order valence-corrected chi connectivity index (χ3v) is 2.39. The van der Waals surface area contributed by atoms with Gasteiger partial charge in [0.15, 0.2) is 0 Å². The lowest BCUT2D eigenvalue weighted by Crippen LogP contribution is -1.90. The van der Waals surface area contributed by atoms with Gasteiger partial charge in [0.25, 0.3) is 0 Å². The number of pyridine rings is 1. The summed E-state index contributed by atoms with van der Waals surface area (Å²) in [6.45, 7) is 0. The van der Waals surface area contributed by atoms with E-state index in [9.17, 15) is 5.11 Å². The fourth-order valence-corrected chi connectivity index (χ4v) is 1.76. The van der Waals surface area contributed by atoms with Gasteiger partial charge in [0.05, 0.1) is 0 Å². The van der Waals surface area contributed by atoms with Crippen LogP contribution in [0.2, 0.25) is 0 Å². The van der Waals surface area contributed by atoms with E-state index in [1.807, 2.05) is 0 Å². The van der Waals surface area contributed by atoms with Gasteiger partial charge in [-0.3, -0.25) is 0 Å². The average molecular weight is 239 g/mol. The molecule has 0 unspecified atom stereocenters. The highest BCUT2D eigenvalue weighted by Crippen LogP contribution is 2.26. The molecule has 0 aliphatic rings. The van der Waals surface area contributed by atoms with Gasteiger partial charge < -0.3 is 10.8 Å². The maximum atomic E-state index is 9.24. The molecule has 0 saturated carbocycles. The Bertz CT molecular complexity index is 470. The number of nitrogens with two attached hydrogens (primary N) is 1. The fraction of sp³-hybridized carbons (Fsp3) is 0. The molecule has 1 aromatic heterocycles. The maximum absolute atomic E-state index is 9.24. The van der Waals surface area contributed by atoms with Crippen molar-refractivity contribution in [2.24, 2.45) is 0 Å². The SMILES string of the molecule is Nc1cc2ccc(O)cc2c(Br)n1. The first-order chi connectivity index (χ1) is 6.16. The van der Waals surface area contributed by atoms with Crippen LogP contribution in [0.3, 0.4) is 0 Å². The van der Waals surface area contributed by atoms with Crippen LogP contribution >= 0.6 is 15.9 Å². The minimum Gasteiger partial charge on any atom is -0.508 e. The molecule has 0 spiro atoms. The van der Waals surface area contributed by atoms with E-state index >= 15 is 0 Å². The average Bonchev–Trinajstić information content (AvgIpc) is 2.06. The summed E-state index contributed by atoms with van der Waals surface area (Å²) in [5, 5.41) is 11.1. The number of anilines is 1. The summed E-state index contributed by atoms with van der Waals surface area (Å²) in [7, 11) is 0. The topological polar surface area (TPSA) is 59.1 Å². The summed E-state index contributed by atoms with van der Waals surface area (Å²) >= 11 is 3.28. The summed E-state index contributed by atoms with van der Waals surface area (Å²) in [6.07, 6.45) is 0. The van der Waals surface area contributed by atoms with Crippen LogP contribution in [0.4, 0.5) is 5.82 Å².